The lowest BCUT2D eigenvalue weighted by Gasteiger charge is -2.21. The molecule has 0 amide bonds. The van der Waals surface area contributed by atoms with E-state index in [0.717, 1.165) is 11.3 Å². The van der Waals surface area contributed by atoms with Crippen LogP contribution in [0.2, 0.25) is 5.02 Å². The predicted molar refractivity (Wildman–Crippen MR) is 87.3 cm³/mol. The molecular formula is C18H21ClO2. The van der Waals surface area contributed by atoms with Crippen molar-refractivity contribution in [3.8, 4) is 11.5 Å². The summed E-state index contributed by atoms with van der Waals surface area (Å²) in [5.41, 5.74) is 3.13. The lowest BCUT2D eigenvalue weighted by Crippen LogP contribution is -2.11. The van der Waals surface area contributed by atoms with Crippen molar-refractivity contribution in [1.29, 1.82) is 0 Å². The van der Waals surface area contributed by atoms with Crippen molar-refractivity contribution in [2.45, 2.75) is 39.7 Å². The molecule has 21 heavy (non-hydrogen) atoms. The van der Waals surface area contributed by atoms with Crippen molar-refractivity contribution in [2.24, 2.45) is 0 Å². The molecule has 0 heterocycles. The van der Waals surface area contributed by atoms with Gasteiger partial charge in [-0.2, -0.15) is 0 Å². The Kier molecular flexibility index (Phi) is 4.60. The Bertz CT molecular complexity index is 642. The fourth-order valence-electron chi connectivity index (χ4n) is 2.12. The molecule has 0 aliphatic heterocycles. The van der Waals surface area contributed by atoms with Gasteiger partial charge in [0.05, 0.1) is 6.61 Å². The summed E-state index contributed by atoms with van der Waals surface area (Å²) in [7, 11) is 0. The van der Waals surface area contributed by atoms with Crippen LogP contribution in [0.25, 0.3) is 0 Å². The molecule has 2 rings (SSSR count). The molecule has 0 aliphatic carbocycles. The maximum Gasteiger partial charge on any atom is 0.133 e. The minimum absolute atomic E-state index is 0.102. The first-order chi connectivity index (χ1) is 9.81. The molecule has 0 radical (unpaired) electrons. The Morgan fingerprint density at radius 2 is 1.71 bits per heavy atom. The predicted octanol–water partition coefficient (Wildman–Crippen LogP) is 5.23. The van der Waals surface area contributed by atoms with E-state index < -0.39 is 0 Å². The van der Waals surface area contributed by atoms with Crippen molar-refractivity contribution in [1.82, 2.24) is 0 Å². The molecule has 2 aromatic carbocycles. The van der Waals surface area contributed by atoms with Gasteiger partial charge in [-0.25, -0.2) is 0 Å². The normalized spacial score (nSPS) is 11.5. The van der Waals surface area contributed by atoms with Crippen LogP contribution < -0.4 is 4.74 Å². The average Bonchev–Trinajstić information content (AvgIpc) is 2.41. The molecule has 0 saturated heterocycles. The number of rotatable bonds is 3. The first-order valence-corrected chi connectivity index (χ1v) is 7.37. The van der Waals surface area contributed by atoms with Crippen LogP contribution in [0.15, 0.2) is 36.4 Å². The van der Waals surface area contributed by atoms with Crippen LogP contribution in [0.5, 0.6) is 11.5 Å². The van der Waals surface area contributed by atoms with Crippen molar-refractivity contribution in [2.75, 3.05) is 0 Å². The van der Waals surface area contributed by atoms with Gasteiger partial charge in [0, 0.05) is 10.6 Å². The van der Waals surface area contributed by atoms with Gasteiger partial charge < -0.3 is 9.84 Å². The van der Waals surface area contributed by atoms with Gasteiger partial charge in [0.25, 0.3) is 0 Å². The first-order valence-electron chi connectivity index (χ1n) is 6.99. The molecule has 0 spiro atoms. The second-order valence-corrected chi connectivity index (χ2v) is 6.68. The minimum atomic E-state index is -0.102. The Labute approximate surface area is 131 Å². The zero-order chi connectivity index (χ0) is 15.6. The third-order valence-corrected chi connectivity index (χ3v) is 3.69. The third kappa shape index (κ3) is 3.78. The lowest BCUT2D eigenvalue weighted by molar-refractivity contribution is 0.276. The number of ether oxygens (including phenoxy) is 1. The molecule has 0 aromatic heterocycles. The Balaban J connectivity index is 2.32. The number of benzene rings is 2. The second kappa shape index (κ2) is 6.08. The number of halogens is 1. The van der Waals surface area contributed by atoms with Crippen LogP contribution in [0.3, 0.4) is 0 Å². The number of hydrogen-bond donors (Lipinski definition) is 1. The molecule has 0 bridgehead atoms. The maximum absolute atomic E-state index is 9.40. The zero-order valence-corrected chi connectivity index (χ0v) is 13.7. The van der Waals surface area contributed by atoms with Crippen LogP contribution in [-0.4, -0.2) is 5.11 Å². The molecule has 1 N–H and O–H groups in total. The smallest absolute Gasteiger partial charge is 0.133 e. The van der Waals surface area contributed by atoms with Crippen molar-refractivity contribution in [3.05, 3.63) is 58.1 Å². The third-order valence-electron chi connectivity index (χ3n) is 3.45. The molecule has 0 saturated carbocycles. The summed E-state index contributed by atoms with van der Waals surface area (Å²) >= 11 is 5.93. The van der Waals surface area contributed by atoms with Gasteiger partial charge in [-0.15, -0.1) is 0 Å². The maximum atomic E-state index is 9.40. The van der Waals surface area contributed by atoms with E-state index in [1.165, 1.54) is 5.56 Å². The van der Waals surface area contributed by atoms with E-state index in [9.17, 15) is 5.11 Å². The molecule has 2 nitrogen and oxygen atoms in total. The Morgan fingerprint density at radius 3 is 2.29 bits per heavy atom. The summed E-state index contributed by atoms with van der Waals surface area (Å²) in [5, 5.41) is 9.99. The van der Waals surface area contributed by atoms with E-state index in [0.29, 0.717) is 16.3 Å². The van der Waals surface area contributed by atoms with Crippen molar-refractivity contribution in [3.63, 3.8) is 0 Å². The topological polar surface area (TPSA) is 29.5 Å². The lowest BCUT2D eigenvalue weighted by atomic mass is 9.86. The summed E-state index contributed by atoms with van der Waals surface area (Å²) in [6.07, 6.45) is 0. The van der Waals surface area contributed by atoms with Gasteiger partial charge in [0.15, 0.2) is 0 Å². The molecular weight excluding hydrogens is 284 g/mol. The first kappa shape index (κ1) is 15.9. The van der Waals surface area contributed by atoms with Gasteiger partial charge in [-0.05, 0) is 47.7 Å². The number of aryl methyl sites for hydroxylation is 1. The molecule has 112 valence electrons. The van der Waals surface area contributed by atoms with Gasteiger partial charge >= 0.3 is 0 Å². The quantitative estimate of drug-likeness (QED) is 0.841. The van der Waals surface area contributed by atoms with Crippen molar-refractivity contribution < 1.29 is 9.84 Å². The van der Waals surface area contributed by atoms with E-state index in [-0.39, 0.29) is 12.0 Å². The monoisotopic (exact) mass is 304 g/mol. The van der Waals surface area contributed by atoms with Gasteiger partial charge in [-0.1, -0.05) is 44.5 Å². The molecule has 2 aromatic rings. The Hall–Kier alpha value is -1.51. The number of aliphatic hydroxyl groups is 1. The number of aliphatic hydroxyl groups excluding tert-OH is 1. The van der Waals surface area contributed by atoms with E-state index in [4.69, 9.17) is 16.3 Å². The van der Waals surface area contributed by atoms with E-state index in [1.54, 1.807) is 18.2 Å². The molecule has 3 heteroatoms. The summed E-state index contributed by atoms with van der Waals surface area (Å²) in [6.45, 7) is 8.48. The van der Waals surface area contributed by atoms with Crippen LogP contribution in [-0.2, 0) is 12.0 Å². The number of hydrogen-bond acceptors (Lipinski definition) is 2. The van der Waals surface area contributed by atoms with Crippen LogP contribution in [0, 0.1) is 6.92 Å². The van der Waals surface area contributed by atoms with Crippen LogP contribution >= 0.6 is 11.6 Å². The highest BCUT2D eigenvalue weighted by atomic mass is 35.5. The molecule has 0 unspecified atom stereocenters. The molecule has 0 atom stereocenters. The summed E-state index contributed by atoms with van der Waals surface area (Å²) in [5.74, 6) is 1.42. The summed E-state index contributed by atoms with van der Waals surface area (Å²) in [6, 6.07) is 11.5. The van der Waals surface area contributed by atoms with Gasteiger partial charge in [-0.3, -0.25) is 0 Å². The van der Waals surface area contributed by atoms with Gasteiger partial charge in [0.2, 0.25) is 0 Å². The minimum Gasteiger partial charge on any atom is -0.457 e. The molecule has 0 fully saturated rings. The van der Waals surface area contributed by atoms with Gasteiger partial charge in [0.1, 0.15) is 11.5 Å². The Morgan fingerprint density at radius 1 is 1.05 bits per heavy atom. The highest BCUT2D eigenvalue weighted by molar-refractivity contribution is 6.30. The highest BCUT2D eigenvalue weighted by Gasteiger charge is 2.15. The van der Waals surface area contributed by atoms with E-state index >= 15 is 0 Å². The van der Waals surface area contributed by atoms with E-state index in [1.807, 2.05) is 13.0 Å². The summed E-state index contributed by atoms with van der Waals surface area (Å²) < 4.78 is 5.94. The second-order valence-electron chi connectivity index (χ2n) is 6.24. The highest BCUT2D eigenvalue weighted by Crippen LogP contribution is 2.32. The average molecular weight is 305 g/mol. The largest absolute Gasteiger partial charge is 0.457 e. The fraction of sp³-hybridized carbons (Fsp3) is 0.333. The SMILES string of the molecule is Cc1cc(C(C)(C)C)ccc1Oc1ccc(Cl)cc1CO. The molecule has 0 aliphatic rings. The fourth-order valence-corrected chi connectivity index (χ4v) is 2.31. The van der Waals surface area contributed by atoms with E-state index in [2.05, 4.69) is 32.9 Å². The summed E-state index contributed by atoms with van der Waals surface area (Å²) in [4.78, 5) is 0. The van der Waals surface area contributed by atoms with Crippen molar-refractivity contribution >= 4 is 11.6 Å². The van der Waals surface area contributed by atoms with Crippen LogP contribution in [0.4, 0.5) is 0 Å². The zero-order valence-electron chi connectivity index (χ0n) is 12.9. The van der Waals surface area contributed by atoms with Crippen LogP contribution in [0.1, 0.15) is 37.5 Å². The standard InChI is InChI=1S/C18H21ClO2/c1-12-9-14(18(2,3)4)5-7-16(12)21-17-8-6-15(19)10-13(17)11-20/h5-10,20H,11H2,1-4H3.